The van der Waals surface area contributed by atoms with Crippen LogP contribution in [0.25, 0.3) is 0 Å². The van der Waals surface area contributed by atoms with Crippen LogP contribution in [0.3, 0.4) is 0 Å². The standard InChI is InChI=1S/C18H22N2O3/c1-2-20-11-14(9-15(20)4-6-18-19-7-8-21-18)13-3-5-16-17(10-13)23-12-22-16/h3,5,7-8,10,14-15H,2,4,6,9,11-12H2,1H3. The Kier molecular flexibility index (Phi) is 3.95. The zero-order chi connectivity index (χ0) is 15.6. The fourth-order valence-corrected chi connectivity index (χ4v) is 3.75. The topological polar surface area (TPSA) is 47.7 Å². The summed E-state index contributed by atoms with van der Waals surface area (Å²) < 4.78 is 16.3. The highest BCUT2D eigenvalue weighted by molar-refractivity contribution is 5.45. The van der Waals surface area contributed by atoms with Crippen LogP contribution in [-0.2, 0) is 6.42 Å². The highest BCUT2D eigenvalue weighted by atomic mass is 16.7. The van der Waals surface area contributed by atoms with E-state index in [1.54, 1.807) is 12.5 Å². The SMILES string of the molecule is CCN1CC(c2ccc3c(c2)OCO3)CC1CCc1ncco1. The van der Waals surface area contributed by atoms with Crippen LogP contribution in [0.15, 0.2) is 35.1 Å². The molecule has 0 N–H and O–H groups in total. The van der Waals surface area contributed by atoms with Gasteiger partial charge in [0.25, 0.3) is 0 Å². The molecule has 122 valence electrons. The lowest BCUT2D eigenvalue weighted by Crippen LogP contribution is -2.29. The average molecular weight is 314 g/mol. The summed E-state index contributed by atoms with van der Waals surface area (Å²) in [6.45, 7) is 4.76. The molecule has 0 amide bonds. The van der Waals surface area contributed by atoms with Gasteiger partial charge in [-0.2, -0.15) is 0 Å². The van der Waals surface area contributed by atoms with E-state index in [-0.39, 0.29) is 0 Å². The van der Waals surface area contributed by atoms with E-state index in [0.29, 0.717) is 18.8 Å². The van der Waals surface area contributed by atoms with Crippen LogP contribution >= 0.6 is 0 Å². The van der Waals surface area contributed by atoms with Crippen LogP contribution in [0.4, 0.5) is 0 Å². The minimum Gasteiger partial charge on any atom is -0.454 e. The highest BCUT2D eigenvalue weighted by Crippen LogP contribution is 2.39. The van der Waals surface area contributed by atoms with Gasteiger partial charge >= 0.3 is 0 Å². The predicted molar refractivity (Wildman–Crippen MR) is 85.8 cm³/mol. The van der Waals surface area contributed by atoms with Gasteiger partial charge < -0.3 is 18.8 Å². The molecule has 3 heterocycles. The van der Waals surface area contributed by atoms with E-state index in [2.05, 4.69) is 28.9 Å². The van der Waals surface area contributed by atoms with E-state index in [1.165, 1.54) is 12.0 Å². The van der Waals surface area contributed by atoms with Crippen molar-refractivity contribution in [1.29, 1.82) is 0 Å². The molecule has 1 fully saturated rings. The van der Waals surface area contributed by atoms with Crippen LogP contribution < -0.4 is 9.47 Å². The van der Waals surface area contributed by atoms with E-state index in [9.17, 15) is 0 Å². The second-order valence-electron chi connectivity index (χ2n) is 6.25. The Labute approximate surface area is 136 Å². The molecule has 2 aromatic rings. The van der Waals surface area contributed by atoms with Gasteiger partial charge in [0.15, 0.2) is 17.4 Å². The van der Waals surface area contributed by atoms with Crippen molar-refractivity contribution in [2.75, 3.05) is 19.9 Å². The smallest absolute Gasteiger partial charge is 0.231 e. The van der Waals surface area contributed by atoms with Crippen molar-refractivity contribution in [1.82, 2.24) is 9.88 Å². The van der Waals surface area contributed by atoms with Crippen molar-refractivity contribution in [2.45, 2.75) is 38.1 Å². The Bertz CT molecular complexity index is 656. The average Bonchev–Trinajstić information content (AvgIpc) is 3.31. The van der Waals surface area contributed by atoms with Gasteiger partial charge in [0.05, 0.1) is 6.20 Å². The van der Waals surface area contributed by atoms with Gasteiger partial charge in [0.1, 0.15) is 6.26 Å². The molecule has 0 spiro atoms. The largest absolute Gasteiger partial charge is 0.454 e. The summed E-state index contributed by atoms with van der Waals surface area (Å²) in [6.07, 6.45) is 6.54. The van der Waals surface area contributed by atoms with Gasteiger partial charge in [-0.1, -0.05) is 13.0 Å². The summed E-state index contributed by atoms with van der Waals surface area (Å²) in [6, 6.07) is 6.95. The molecular weight excluding hydrogens is 292 g/mol. The Morgan fingerprint density at radius 3 is 3.00 bits per heavy atom. The second kappa shape index (κ2) is 6.24. The quantitative estimate of drug-likeness (QED) is 0.848. The molecule has 5 heteroatoms. The predicted octanol–water partition coefficient (Wildman–Crippen LogP) is 3.21. The van der Waals surface area contributed by atoms with Crippen LogP contribution in [-0.4, -0.2) is 35.8 Å². The maximum absolute atomic E-state index is 5.52. The molecule has 0 bridgehead atoms. The minimum atomic E-state index is 0.337. The van der Waals surface area contributed by atoms with Gasteiger partial charge in [0.2, 0.25) is 6.79 Å². The normalized spacial score (nSPS) is 23.5. The van der Waals surface area contributed by atoms with Gasteiger partial charge in [-0.05, 0) is 43.0 Å². The van der Waals surface area contributed by atoms with Crippen molar-refractivity contribution < 1.29 is 13.9 Å². The summed E-state index contributed by atoms with van der Waals surface area (Å²) in [5, 5.41) is 0. The summed E-state index contributed by atoms with van der Waals surface area (Å²) >= 11 is 0. The molecule has 4 rings (SSSR count). The van der Waals surface area contributed by atoms with E-state index in [0.717, 1.165) is 43.3 Å². The van der Waals surface area contributed by atoms with Crippen LogP contribution in [0.2, 0.25) is 0 Å². The monoisotopic (exact) mass is 314 g/mol. The summed E-state index contributed by atoms with van der Waals surface area (Å²) in [7, 11) is 0. The third-order valence-electron chi connectivity index (χ3n) is 4.98. The van der Waals surface area contributed by atoms with Crippen LogP contribution in [0.1, 0.15) is 37.1 Å². The first-order chi connectivity index (χ1) is 11.3. The third-order valence-corrected chi connectivity index (χ3v) is 4.98. The maximum Gasteiger partial charge on any atom is 0.231 e. The number of ether oxygens (including phenoxy) is 2. The summed E-state index contributed by atoms with van der Waals surface area (Å²) in [5.74, 6) is 3.14. The van der Waals surface area contributed by atoms with E-state index < -0.39 is 0 Å². The third kappa shape index (κ3) is 2.93. The number of fused-ring (bicyclic) bond motifs is 1. The summed E-state index contributed by atoms with van der Waals surface area (Å²) in [5.41, 5.74) is 1.35. The molecule has 2 unspecified atom stereocenters. The Morgan fingerprint density at radius 2 is 2.17 bits per heavy atom. The fourth-order valence-electron chi connectivity index (χ4n) is 3.75. The number of rotatable bonds is 5. The molecule has 0 saturated carbocycles. The van der Waals surface area contributed by atoms with Crippen LogP contribution in [0, 0.1) is 0 Å². The first-order valence-electron chi connectivity index (χ1n) is 8.35. The molecule has 5 nitrogen and oxygen atoms in total. The molecule has 23 heavy (non-hydrogen) atoms. The molecule has 0 radical (unpaired) electrons. The van der Waals surface area contributed by atoms with Crippen molar-refractivity contribution in [3.8, 4) is 11.5 Å². The van der Waals surface area contributed by atoms with E-state index >= 15 is 0 Å². The molecule has 1 aromatic carbocycles. The number of likely N-dealkylation sites (N-methyl/N-ethyl adjacent to an activating group) is 1. The number of likely N-dealkylation sites (tertiary alicyclic amines) is 1. The minimum absolute atomic E-state index is 0.337. The van der Waals surface area contributed by atoms with Crippen molar-refractivity contribution in [3.05, 3.63) is 42.1 Å². The zero-order valence-corrected chi connectivity index (χ0v) is 13.4. The van der Waals surface area contributed by atoms with Crippen molar-refractivity contribution in [2.24, 2.45) is 0 Å². The van der Waals surface area contributed by atoms with Crippen molar-refractivity contribution >= 4 is 0 Å². The Morgan fingerprint density at radius 1 is 1.26 bits per heavy atom. The first kappa shape index (κ1) is 14.6. The van der Waals surface area contributed by atoms with Gasteiger partial charge in [-0.25, -0.2) is 4.98 Å². The van der Waals surface area contributed by atoms with Gasteiger partial charge in [-0.15, -0.1) is 0 Å². The number of nitrogens with zero attached hydrogens (tertiary/aromatic N) is 2. The second-order valence-corrected chi connectivity index (χ2v) is 6.25. The Balaban J connectivity index is 1.44. The van der Waals surface area contributed by atoms with E-state index in [4.69, 9.17) is 13.9 Å². The first-order valence-corrected chi connectivity index (χ1v) is 8.35. The number of oxazole rings is 1. The molecule has 2 aliphatic heterocycles. The number of aryl methyl sites for hydroxylation is 1. The number of hydrogen-bond donors (Lipinski definition) is 0. The molecule has 1 saturated heterocycles. The van der Waals surface area contributed by atoms with Gasteiger partial charge in [-0.3, -0.25) is 0 Å². The Hall–Kier alpha value is -2.01. The molecule has 2 atom stereocenters. The number of aromatic nitrogens is 1. The number of benzene rings is 1. The lowest BCUT2D eigenvalue weighted by atomic mass is 9.94. The van der Waals surface area contributed by atoms with Crippen LogP contribution in [0.5, 0.6) is 11.5 Å². The molecule has 1 aromatic heterocycles. The lowest BCUT2D eigenvalue weighted by molar-refractivity contribution is 0.174. The lowest BCUT2D eigenvalue weighted by Gasteiger charge is -2.21. The molecule has 0 aliphatic carbocycles. The van der Waals surface area contributed by atoms with E-state index in [1.807, 2.05) is 6.07 Å². The highest BCUT2D eigenvalue weighted by Gasteiger charge is 2.32. The zero-order valence-electron chi connectivity index (χ0n) is 13.4. The molecular formula is C18H22N2O3. The van der Waals surface area contributed by atoms with Gasteiger partial charge in [0, 0.05) is 19.0 Å². The fraction of sp³-hybridized carbons (Fsp3) is 0.500. The summed E-state index contributed by atoms with van der Waals surface area (Å²) in [4.78, 5) is 6.80. The molecule has 2 aliphatic rings. The maximum atomic E-state index is 5.52. The number of hydrogen-bond acceptors (Lipinski definition) is 5. The van der Waals surface area contributed by atoms with Crippen molar-refractivity contribution in [3.63, 3.8) is 0 Å².